The maximum atomic E-state index is 13.5. The quantitative estimate of drug-likeness (QED) is 0.279. The first-order valence-corrected chi connectivity index (χ1v) is 12.6. The van der Waals surface area contributed by atoms with Crippen molar-refractivity contribution in [2.45, 2.75) is 4.90 Å². The molecule has 190 valence electrons. The Balaban J connectivity index is 1.86. The zero-order chi connectivity index (χ0) is 26.3. The van der Waals surface area contributed by atoms with Gasteiger partial charge in [0.25, 0.3) is 15.9 Å². The number of hydrogen-bond donors (Lipinski definition) is 2. The van der Waals surface area contributed by atoms with E-state index in [0.717, 1.165) is 4.31 Å². The van der Waals surface area contributed by atoms with Crippen LogP contribution in [0.2, 0.25) is 0 Å². The van der Waals surface area contributed by atoms with Crippen LogP contribution in [0.25, 0.3) is 0 Å². The molecule has 2 N–H and O–H groups in total. The zero-order valence-electron chi connectivity index (χ0n) is 19.6. The van der Waals surface area contributed by atoms with Crippen molar-refractivity contribution in [3.05, 3.63) is 70.7 Å². The van der Waals surface area contributed by atoms with Crippen molar-refractivity contribution in [3.8, 4) is 23.0 Å². The fourth-order valence-corrected chi connectivity index (χ4v) is 5.08. The Hall–Kier alpha value is -3.77. The van der Waals surface area contributed by atoms with Gasteiger partial charge in [-0.2, -0.15) is 5.10 Å². The molecule has 0 fully saturated rings. The number of anilines is 1. The monoisotopic (exact) mass is 577 g/mol. The van der Waals surface area contributed by atoms with Gasteiger partial charge in [-0.15, -0.1) is 0 Å². The van der Waals surface area contributed by atoms with E-state index in [1.807, 2.05) is 0 Å². The van der Waals surface area contributed by atoms with Crippen molar-refractivity contribution in [2.24, 2.45) is 5.10 Å². The van der Waals surface area contributed by atoms with E-state index < -0.39 is 22.5 Å². The Morgan fingerprint density at radius 2 is 1.67 bits per heavy atom. The van der Waals surface area contributed by atoms with Crippen molar-refractivity contribution >= 4 is 43.8 Å². The molecule has 3 aromatic carbocycles. The maximum Gasteiger partial charge on any atom is 0.264 e. The maximum absolute atomic E-state index is 13.5. The van der Waals surface area contributed by atoms with E-state index in [-0.39, 0.29) is 22.1 Å². The molecule has 0 saturated carbocycles. The van der Waals surface area contributed by atoms with Gasteiger partial charge in [0.15, 0.2) is 23.0 Å². The van der Waals surface area contributed by atoms with Gasteiger partial charge in [0.1, 0.15) is 6.54 Å². The first kappa shape index (κ1) is 26.8. The molecule has 36 heavy (non-hydrogen) atoms. The molecule has 0 bridgehead atoms. The highest BCUT2D eigenvalue weighted by atomic mass is 79.9. The summed E-state index contributed by atoms with van der Waals surface area (Å²) >= 11 is 3.21. The number of carbonyl (C=O) groups is 1. The summed E-state index contributed by atoms with van der Waals surface area (Å²) in [6.07, 6.45) is 1.33. The molecule has 12 heteroatoms. The molecule has 0 aliphatic rings. The largest absolute Gasteiger partial charge is 0.503 e. The van der Waals surface area contributed by atoms with Gasteiger partial charge in [-0.25, -0.2) is 13.8 Å². The number of aromatic hydroxyl groups is 1. The number of amides is 1. The first-order chi connectivity index (χ1) is 17.2. The lowest BCUT2D eigenvalue weighted by Gasteiger charge is -2.24. The van der Waals surface area contributed by atoms with E-state index in [1.54, 1.807) is 36.4 Å². The normalized spacial score (nSPS) is 11.2. The van der Waals surface area contributed by atoms with Gasteiger partial charge in [-0.1, -0.05) is 18.2 Å². The Bertz CT molecular complexity index is 1370. The minimum Gasteiger partial charge on any atom is -0.503 e. The van der Waals surface area contributed by atoms with Crippen LogP contribution in [0.3, 0.4) is 0 Å². The Morgan fingerprint density at radius 3 is 2.31 bits per heavy atom. The van der Waals surface area contributed by atoms with Gasteiger partial charge in [0.05, 0.1) is 42.6 Å². The standard InChI is InChI=1S/C24H24BrN3O7S/c1-33-20-10-9-18(13-21(20)34-2)36(31,32)28(17-7-5-4-6-8-17)15-23(29)27-26-14-16-11-19(25)24(30)22(12-16)35-3/h4-14,30H,15H2,1-3H3,(H,27,29)/b26-14-. The number of phenols is 1. The molecular weight excluding hydrogens is 554 g/mol. The average Bonchev–Trinajstić information content (AvgIpc) is 2.89. The summed E-state index contributed by atoms with van der Waals surface area (Å²) in [6, 6.07) is 15.5. The summed E-state index contributed by atoms with van der Waals surface area (Å²) < 4.78 is 43.9. The van der Waals surface area contributed by atoms with Crippen LogP contribution in [0, 0.1) is 0 Å². The summed E-state index contributed by atoms with van der Waals surface area (Å²) in [5.74, 6) is 0.0679. The number of halogens is 1. The molecule has 0 aliphatic heterocycles. The molecule has 1 amide bonds. The molecule has 0 aliphatic carbocycles. The van der Waals surface area contributed by atoms with Crippen LogP contribution in [0.15, 0.2) is 75.1 Å². The number of phenolic OH excluding ortho intramolecular Hbond substituents is 1. The molecule has 0 aromatic heterocycles. The van der Waals surface area contributed by atoms with E-state index in [1.165, 1.54) is 51.8 Å². The third-order valence-corrected chi connectivity index (χ3v) is 7.32. The zero-order valence-corrected chi connectivity index (χ0v) is 22.0. The molecule has 10 nitrogen and oxygen atoms in total. The molecule has 3 rings (SSSR count). The first-order valence-electron chi connectivity index (χ1n) is 10.4. The molecule has 0 saturated heterocycles. The SMILES string of the molecule is COc1ccc(S(=O)(=O)N(CC(=O)N/N=C\c2cc(Br)c(O)c(OC)c2)c2ccccc2)cc1OC. The second-order valence-corrected chi connectivity index (χ2v) is 9.93. The number of nitrogens with zero attached hydrogens (tertiary/aromatic N) is 2. The van der Waals surface area contributed by atoms with Gasteiger partial charge in [0, 0.05) is 6.07 Å². The van der Waals surface area contributed by atoms with Gasteiger partial charge < -0.3 is 19.3 Å². The second-order valence-electron chi connectivity index (χ2n) is 7.21. The van der Waals surface area contributed by atoms with Crippen molar-refractivity contribution < 1.29 is 32.5 Å². The number of hydrogen-bond acceptors (Lipinski definition) is 8. The lowest BCUT2D eigenvalue weighted by molar-refractivity contribution is -0.119. The summed E-state index contributed by atoms with van der Waals surface area (Å²) in [5.41, 5.74) is 3.14. The van der Waals surface area contributed by atoms with Crippen LogP contribution >= 0.6 is 15.9 Å². The Morgan fingerprint density at radius 1 is 1.00 bits per heavy atom. The second kappa shape index (κ2) is 11.8. The minimum atomic E-state index is -4.17. The van der Waals surface area contributed by atoms with Gasteiger partial charge in [0.2, 0.25) is 0 Å². The van der Waals surface area contributed by atoms with E-state index in [9.17, 15) is 18.3 Å². The topological polar surface area (TPSA) is 127 Å². The molecular formula is C24H24BrN3O7S. The summed E-state index contributed by atoms with van der Waals surface area (Å²) in [7, 11) is 0.0794. The van der Waals surface area contributed by atoms with E-state index in [4.69, 9.17) is 14.2 Å². The predicted molar refractivity (Wildman–Crippen MR) is 139 cm³/mol. The number of ether oxygens (including phenoxy) is 3. The molecule has 0 unspecified atom stereocenters. The lowest BCUT2D eigenvalue weighted by atomic mass is 10.2. The van der Waals surface area contributed by atoms with Crippen molar-refractivity contribution in [3.63, 3.8) is 0 Å². The fourth-order valence-electron chi connectivity index (χ4n) is 3.18. The summed E-state index contributed by atoms with van der Waals surface area (Å²) in [5, 5.41) is 13.8. The van der Waals surface area contributed by atoms with Crippen LogP contribution in [0.4, 0.5) is 5.69 Å². The van der Waals surface area contributed by atoms with Gasteiger partial charge in [-0.3, -0.25) is 9.10 Å². The van der Waals surface area contributed by atoms with E-state index in [2.05, 4.69) is 26.5 Å². The van der Waals surface area contributed by atoms with E-state index >= 15 is 0 Å². The Labute approximate surface area is 217 Å². The molecule has 3 aromatic rings. The number of benzene rings is 3. The van der Waals surface area contributed by atoms with Crippen LogP contribution in [0.1, 0.15) is 5.56 Å². The average molecular weight is 578 g/mol. The molecule has 0 radical (unpaired) electrons. The van der Waals surface area contributed by atoms with Crippen LogP contribution in [0.5, 0.6) is 23.0 Å². The van der Waals surface area contributed by atoms with Gasteiger partial charge >= 0.3 is 0 Å². The number of rotatable bonds is 10. The third kappa shape index (κ3) is 6.07. The lowest BCUT2D eigenvalue weighted by Crippen LogP contribution is -2.39. The number of para-hydroxylation sites is 1. The summed E-state index contributed by atoms with van der Waals surface area (Å²) in [6.45, 7) is -0.541. The number of sulfonamides is 1. The number of hydrazone groups is 1. The highest BCUT2D eigenvalue weighted by molar-refractivity contribution is 9.10. The predicted octanol–water partition coefficient (Wildman–Crippen LogP) is 3.53. The van der Waals surface area contributed by atoms with Crippen LogP contribution in [-0.2, 0) is 14.8 Å². The van der Waals surface area contributed by atoms with Crippen molar-refractivity contribution in [2.75, 3.05) is 32.2 Å². The molecule has 0 heterocycles. The third-order valence-electron chi connectivity index (χ3n) is 4.95. The highest BCUT2D eigenvalue weighted by Gasteiger charge is 2.28. The highest BCUT2D eigenvalue weighted by Crippen LogP contribution is 2.35. The molecule has 0 spiro atoms. The number of nitrogens with one attached hydrogen (secondary N) is 1. The fraction of sp³-hybridized carbons (Fsp3) is 0.167. The van der Waals surface area contributed by atoms with Gasteiger partial charge in [-0.05, 0) is 57.9 Å². The van der Waals surface area contributed by atoms with Crippen molar-refractivity contribution in [1.82, 2.24) is 5.43 Å². The smallest absolute Gasteiger partial charge is 0.264 e. The van der Waals surface area contributed by atoms with Crippen LogP contribution in [-0.4, -0.2) is 53.5 Å². The van der Waals surface area contributed by atoms with Crippen LogP contribution < -0.4 is 23.9 Å². The van der Waals surface area contributed by atoms with Crippen molar-refractivity contribution in [1.29, 1.82) is 0 Å². The Kier molecular flexibility index (Phi) is 8.78. The molecule has 0 atom stereocenters. The number of methoxy groups -OCH3 is 3. The summed E-state index contributed by atoms with van der Waals surface area (Å²) in [4.78, 5) is 12.6. The van der Waals surface area contributed by atoms with E-state index in [0.29, 0.717) is 21.5 Å². The minimum absolute atomic E-state index is 0.0717. The number of carbonyl (C=O) groups excluding carboxylic acids is 1.